The second kappa shape index (κ2) is 10.7. The number of rotatable bonds is 9. The van der Waals surface area contributed by atoms with Gasteiger partial charge in [-0.25, -0.2) is 0 Å². The van der Waals surface area contributed by atoms with Crippen LogP contribution in [0.1, 0.15) is 18.1 Å². The van der Waals surface area contributed by atoms with Crippen LogP contribution in [-0.4, -0.2) is 45.2 Å². The number of anilines is 1. The minimum Gasteiger partial charge on any atom is -0.493 e. The number of nitrogens with zero attached hydrogens (tertiary/aromatic N) is 1. The van der Waals surface area contributed by atoms with Crippen molar-refractivity contribution in [3.8, 4) is 11.5 Å². The molecule has 0 aliphatic carbocycles. The quantitative estimate of drug-likeness (QED) is 0.627. The Balaban J connectivity index is 2.00. The lowest BCUT2D eigenvalue weighted by Crippen LogP contribution is -2.15. The maximum Gasteiger partial charge on any atom is 0.248 e. The number of hydrogen-bond donors (Lipinski definition) is 1. The molecular weight excluding hydrogens is 376 g/mol. The Hall–Kier alpha value is -2.50. The molecule has 0 aliphatic heterocycles. The van der Waals surface area contributed by atoms with E-state index in [9.17, 15) is 4.79 Å². The van der Waals surface area contributed by atoms with Crippen LogP contribution in [0.5, 0.6) is 11.5 Å². The normalized spacial score (nSPS) is 11.1. The van der Waals surface area contributed by atoms with Gasteiger partial charge in [-0.1, -0.05) is 23.7 Å². The van der Waals surface area contributed by atoms with E-state index in [0.29, 0.717) is 23.1 Å². The van der Waals surface area contributed by atoms with Gasteiger partial charge in [0.25, 0.3) is 0 Å². The average molecular weight is 403 g/mol. The van der Waals surface area contributed by atoms with Crippen LogP contribution >= 0.6 is 11.6 Å². The summed E-state index contributed by atoms with van der Waals surface area (Å²) in [4.78, 5) is 14.3. The lowest BCUT2D eigenvalue weighted by molar-refractivity contribution is -0.111. The van der Waals surface area contributed by atoms with Crippen molar-refractivity contribution in [3.05, 3.63) is 58.6 Å². The van der Waals surface area contributed by atoms with E-state index in [1.165, 1.54) is 11.6 Å². The molecule has 5 nitrogen and oxygen atoms in total. The first-order chi connectivity index (χ1) is 13.4. The molecule has 28 heavy (non-hydrogen) atoms. The molecule has 2 aromatic carbocycles. The Morgan fingerprint density at radius 3 is 2.54 bits per heavy atom. The van der Waals surface area contributed by atoms with E-state index >= 15 is 0 Å². The van der Waals surface area contributed by atoms with Gasteiger partial charge in [-0.3, -0.25) is 4.79 Å². The number of ether oxygens (including phenoxy) is 2. The van der Waals surface area contributed by atoms with Gasteiger partial charge in [0.15, 0.2) is 11.5 Å². The zero-order valence-corrected chi connectivity index (χ0v) is 17.5. The van der Waals surface area contributed by atoms with Gasteiger partial charge in [-0.05, 0) is 68.9 Å². The van der Waals surface area contributed by atoms with Crippen molar-refractivity contribution in [2.24, 2.45) is 0 Å². The minimum absolute atomic E-state index is 0.218. The monoisotopic (exact) mass is 402 g/mol. The summed E-state index contributed by atoms with van der Waals surface area (Å²) in [7, 11) is 5.65. The van der Waals surface area contributed by atoms with Crippen LogP contribution in [0.2, 0.25) is 5.02 Å². The van der Waals surface area contributed by atoms with Crippen molar-refractivity contribution in [3.63, 3.8) is 0 Å². The van der Waals surface area contributed by atoms with E-state index in [-0.39, 0.29) is 5.91 Å². The number of halogens is 1. The Labute approximate surface area is 171 Å². The van der Waals surface area contributed by atoms with Crippen LogP contribution in [0.3, 0.4) is 0 Å². The van der Waals surface area contributed by atoms with E-state index in [1.807, 2.05) is 45.3 Å². The van der Waals surface area contributed by atoms with Crippen LogP contribution in [0.25, 0.3) is 6.08 Å². The first kappa shape index (κ1) is 21.8. The maximum atomic E-state index is 12.2. The highest BCUT2D eigenvalue weighted by molar-refractivity contribution is 6.32. The lowest BCUT2D eigenvalue weighted by atomic mass is 10.1. The number of methoxy groups -OCH3 is 1. The Bertz CT molecular complexity index is 817. The molecule has 2 aromatic rings. The van der Waals surface area contributed by atoms with Gasteiger partial charge in [0, 0.05) is 18.3 Å². The summed E-state index contributed by atoms with van der Waals surface area (Å²) in [5.41, 5.74) is 2.74. The van der Waals surface area contributed by atoms with Crippen LogP contribution in [-0.2, 0) is 11.2 Å². The largest absolute Gasteiger partial charge is 0.493 e. The smallest absolute Gasteiger partial charge is 0.248 e. The van der Waals surface area contributed by atoms with Crippen molar-refractivity contribution in [1.82, 2.24) is 4.90 Å². The Kier molecular flexibility index (Phi) is 8.36. The fourth-order valence-corrected chi connectivity index (χ4v) is 2.86. The minimum atomic E-state index is -0.218. The molecular formula is C22H27ClN2O3. The molecule has 1 amide bonds. The molecule has 0 heterocycles. The van der Waals surface area contributed by atoms with E-state index in [2.05, 4.69) is 10.2 Å². The number of likely N-dealkylation sites (N-methyl/N-ethyl adjacent to an activating group) is 1. The molecule has 0 radical (unpaired) electrons. The van der Waals surface area contributed by atoms with Gasteiger partial charge in [-0.2, -0.15) is 0 Å². The molecule has 2 rings (SSSR count). The third-order valence-corrected chi connectivity index (χ3v) is 4.32. The summed E-state index contributed by atoms with van der Waals surface area (Å²) in [6.45, 7) is 3.35. The lowest BCUT2D eigenvalue weighted by Gasteiger charge is -2.12. The van der Waals surface area contributed by atoms with E-state index in [0.717, 1.165) is 24.2 Å². The van der Waals surface area contributed by atoms with Gasteiger partial charge in [0.1, 0.15) is 0 Å². The third-order valence-electron chi connectivity index (χ3n) is 4.04. The standard InChI is InChI=1S/C22H27ClN2O3/c1-5-28-22-19(23)14-17(15-20(22)27-4)8-11-21(26)24-18-9-6-16(7-10-18)12-13-25(2)3/h6-11,14-15H,5,12-13H2,1-4H3,(H,24,26)/b11-8+. The average Bonchev–Trinajstić information content (AvgIpc) is 2.67. The molecule has 0 bridgehead atoms. The molecule has 1 N–H and O–H groups in total. The summed E-state index contributed by atoms with van der Waals surface area (Å²) in [5.74, 6) is 0.815. The summed E-state index contributed by atoms with van der Waals surface area (Å²) >= 11 is 6.25. The summed E-state index contributed by atoms with van der Waals surface area (Å²) < 4.78 is 10.8. The van der Waals surface area contributed by atoms with Gasteiger partial charge in [-0.15, -0.1) is 0 Å². The van der Waals surface area contributed by atoms with Gasteiger partial charge >= 0.3 is 0 Å². The fraction of sp³-hybridized carbons (Fsp3) is 0.318. The highest BCUT2D eigenvalue weighted by Crippen LogP contribution is 2.36. The van der Waals surface area contributed by atoms with Crippen LogP contribution < -0.4 is 14.8 Å². The Morgan fingerprint density at radius 1 is 1.21 bits per heavy atom. The van der Waals surface area contributed by atoms with Crippen molar-refractivity contribution in [1.29, 1.82) is 0 Å². The number of nitrogens with one attached hydrogen (secondary N) is 1. The molecule has 150 valence electrons. The topological polar surface area (TPSA) is 50.8 Å². The zero-order valence-electron chi connectivity index (χ0n) is 16.8. The van der Waals surface area contributed by atoms with E-state index in [4.69, 9.17) is 21.1 Å². The molecule has 0 fully saturated rings. The van der Waals surface area contributed by atoms with Crippen LogP contribution in [0.15, 0.2) is 42.5 Å². The highest BCUT2D eigenvalue weighted by Gasteiger charge is 2.10. The SMILES string of the molecule is CCOc1c(Cl)cc(/C=C/C(=O)Nc2ccc(CCN(C)C)cc2)cc1OC. The second-order valence-electron chi connectivity index (χ2n) is 6.54. The van der Waals surface area contributed by atoms with E-state index in [1.54, 1.807) is 25.3 Å². The summed E-state index contributed by atoms with van der Waals surface area (Å²) in [6, 6.07) is 11.4. The number of amides is 1. The molecule has 0 atom stereocenters. The molecule has 0 unspecified atom stereocenters. The van der Waals surface area contributed by atoms with Crippen molar-refractivity contribution in [2.75, 3.05) is 39.7 Å². The number of carbonyl (C=O) groups is 1. The Morgan fingerprint density at radius 2 is 1.93 bits per heavy atom. The van der Waals surface area contributed by atoms with E-state index < -0.39 is 0 Å². The second-order valence-corrected chi connectivity index (χ2v) is 6.95. The molecule has 0 spiro atoms. The van der Waals surface area contributed by atoms with Crippen molar-refractivity contribution >= 4 is 29.3 Å². The third kappa shape index (κ3) is 6.59. The predicted octanol–water partition coefficient (Wildman–Crippen LogP) is 4.50. The molecule has 0 saturated heterocycles. The van der Waals surface area contributed by atoms with Gasteiger partial charge in [0.05, 0.1) is 18.7 Å². The molecule has 0 aliphatic rings. The number of benzene rings is 2. The molecule has 6 heteroatoms. The van der Waals surface area contributed by atoms with Crippen molar-refractivity contribution in [2.45, 2.75) is 13.3 Å². The van der Waals surface area contributed by atoms with Gasteiger partial charge < -0.3 is 19.7 Å². The van der Waals surface area contributed by atoms with Crippen LogP contribution in [0.4, 0.5) is 5.69 Å². The van der Waals surface area contributed by atoms with Crippen LogP contribution in [0, 0.1) is 0 Å². The fourth-order valence-electron chi connectivity index (χ4n) is 2.58. The number of hydrogen-bond acceptors (Lipinski definition) is 4. The number of carbonyl (C=O) groups excluding carboxylic acids is 1. The summed E-state index contributed by atoms with van der Waals surface area (Å²) in [6.07, 6.45) is 4.12. The molecule has 0 aromatic heterocycles. The zero-order chi connectivity index (χ0) is 20.5. The first-order valence-corrected chi connectivity index (χ1v) is 9.53. The highest BCUT2D eigenvalue weighted by atomic mass is 35.5. The predicted molar refractivity (Wildman–Crippen MR) is 116 cm³/mol. The van der Waals surface area contributed by atoms with Crippen molar-refractivity contribution < 1.29 is 14.3 Å². The summed E-state index contributed by atoms with van der Waals surface area (Å²) in [5, 5.41) is 3.29. The molecule has 0 saturated carbocycles. The van der Waals surface area contributed by atoms with Gasteiger partial charge in [0.2, 0.25) is 5.91 Å². The maximum absolute atomic E-state index is 12.2. The first-order valence-electron chi connectivity index (χ1n) is 9.16.